The van der Waals surface area contributed by atoms with Crippen molar-refractivity contribution in [2.24, 2.45) is 0 Å². The summed E-state index contributed by atoms with van der Waals surface area (Å²) in [5.74, 6) is 0. The fourth-order valence-electron chi connectivity index (χ4n) is 1.32. The Morgan fingerprint density at radius 3 is 2.18 bits per heavy atom. The average Bonchev–Trinajstić information content (AvgIpc) is 1.85. The summed E-state index contributed by atoms with van der Waals surface area (Å²) < 4.78 is 5.18. The fourth-order valence-corrected chi connectivity index (χ4v) is 1.65. The molecule has 0 fully saturated rings. The summed E-state index contributed by atoms with van der Waals surface area (Å²) in [5.41, 5.74) is 3.93. The van der Waals surface area contributed by atoms with Crippen molar-refractivity contribution in [2.45, 2.75) is 20.5 Å². The minimum atomic E-state index is 0.773. The molecule has 0 aliphatic heterocycles. The Labute approximate surface area is 70.9 Å². The molecule has 0 aromatic heterocycles. The number of hydrogen-bond acceptors (Lipinski definition) is 1. The minimum Gasteiger partial charge on any atom is -0.424 e. The van der Waals surface area contributed by atoms with Gasteiger partial charge in [0.15, 0.2) is 0 Å². The van der Waals surface area contributed by atoms with Crippen LogP contribution in [0, 0.1) is 13.8 Å². The van der Waals surface area contributed by atoms with Crippen LogP contribution in [0.25, 0.3) is 0 Å². The smallest absolute Gasteiger partial charge is 0.146 e. The zero-order valence-corrected chi connectivity index (χ0v) is 9.35. The Hall–Kier alpha value is -0.603. The van der Waals surface area contributed by atoms with Crippen LogP contribution < -0.4 is 0 Å². The molecule has 0 aliphatic rings. The molecule has 0 aliphatic carbocycles. The molecule has 1 aromatic rings. The highest BCUT2D eigenvalue weighted by Gasteiger charge is 1.93. The van der Waals surface area contributed by atoms with E-state index in [9.17, 15) is 0 Å². The summed E-state index contributed by atoms with van der Waals surface area (Å²) >= 11 is 0. The zero-order valence-electron chi connectivity index (χ0n) is 7.35. The molecule has 0 saturated carbocycles. The standard InChI is InChI=1S/C9H14OSi/c1-7-3-8(2)5-9(4-7)6-10-11/h3-5H,6H2,1-2,11H3. The summed E-state index contributed by atoms with van der Waals surface area (Å²) in [6, 6.07) is 6.52. The summed E-state index contributed by atoms with van der Waals surface area (Å²) in [7, 11) is 0.820. The van der Waals surface area contributed by atoms with Gasteiger partial charge in [0, 0.05) is 0 Å². The molecule has 0 unspecified atom stereocenters. The fraction of sp³-hybridized carbons (Fsp3) is 0.333. The van der Waals surface area contributed by atoms with Crippen LogP contribution in [0.5, 0.6) is 0 Å². The molecule has 0 heterocycles. The van der Waals surface area contributed by atoms with Gasteiger partial charge >= 0.3 is 0 Å². The van der Waals surface area contributed by atoms with Crippen LogP contribution in [-0.2, 0) is 11.0 Å². The monoisotopic (exact) mass is 166 g/mol. The van der Waals surface area contributed by atoms with Crippen LogP contribution in [-0.4, -0.2) is 10.5 Å². The van der Waals surface area contributed by atoms with Gasteiger partial charge in [0.05, 0.1) is 6.61 Å². The third-order valence-electron chi connectivity index (χ3n) is 1.59. The van der Waals surface area contributed by atoms with Gasteiger partial charge in [0.2, 0.25) is 0 Å². The molecule has 2 heteroatoms. The summed E-state index contributed by atoms with van der Waals surface area (Å²) in [6.07, 6.45) is 0. The van der Waals surface area contributed by atoms with Crippen molar-refractivity contribution in [1.82, 2.24) is 0 Å². The van der Waals surface area contributed by atoms with E-state index >= 15 is 0 Å². The predicted octanol–water partition coefficient (Wildman–Crippen LogP) is 1.10. The second-order valence-corrected chi connectivity index (χ2v) is 3.51. The van der Waals surface area contributed by atoms with Gasteiger partial charge in [-0.25, -0.2) is 0 Å². The highest BCUT2D eigenvalue weighted by molar-refractivity contribution is 5.97. The first kappa shape index (κ1) is 8.49. The van der Waals surface area contributed by atoms with E-state index in [1.807, 2.05) is 0 Å². The van der Waals surface area contributed by atoms with Crippen LogP contribution in [0.1, 0.15) is 16.7 Å². The van der Waals surface area contributed by atoms with E-state index < -0.39 is 0 Å². The Morgan fingerprint density at radius 2 is 1.73 bits per heavy atom. The second-order valence-electron chi connectivity index (χ2n) is 2.93. The molecule has 1 nitrogen and oxygen atoms in total. The van der Waals surface area contributed by atoms with Crippen LogP contribution >= 0.6 is 0 Å². The van der Waals surface area contributed by atoms with Crippen molar-refractivity contribution >= 4 is 10.5 Å². The van der Waals surface area contributed by atoms with Crippen molar-refractivity contribution in [1.29, 1.82) is 0 Å². The van der Waals surface area contributed by atoms with Gasteiger partial charge in [-0.15, -0.1) is 0 Å². The van der Waals surface area contributed by atoms with Crippen LogP contribution in [0.15, 0.2) is 18.2 Å². The molecular weight excluding hydrogens is 152 g/mol. The molecule has 0 saturated heterocycles. The molecule has 0 atom stereocenters. The summed E-state index contributed by atoms with van der Waals surface area (Å²) in [4.78, 5) is 0. The normalized spacial score (nSPS) is 10.4. The van der Waals surface area contributed by atoms with E-state index in [1.165, 1.54) is 16.7 Å². The maximum atomic E-state index is 5.18. The van der Waals surface area contributed by atoms with Gasteiger partial charge in [0.25, 0.3) is 0 Å². The van der Waals surface area contributed by atoms with Gasteiger partial charge in [-0.2, -0.15) is 0 Å². The third kappa shape index (κ3) is 2.48. The number of hydrogen-bond donors (Lipinski definition) is 0. The van der Waals surface area contributed by atoms with Gasteiger partial charge < -0.3 is 4.43 Å². The first-order valence-corrected chi connectivity index (χ1v) is 4.60. The molecule has 0 bridgehead atoms. The van der Waals surface area contributed by atoms with E-state index in [0.717, 1.165) is 17.1 Å². The SMILES string of the molecule is Cc1cc(C)cc(CO[SiH3])c1. The van der Waals surface area contributed by atoms with E-state index in [-0.39, 0.29) is 0 Å². The molecule has 60 valence electrons. The molecule has 0 amide bonds. The lowest BCUT2D eigenvalue weighted by molar-refractivity contribution is 0.338. The number of aryl methyl sites for hydroxylation is 2. The maximum absolute atomic E-state index is 5.18. The van der Waals surface area contributed by atoms with E-state index in [4.69, 9.17) is 4.43 Å². The first-order chi connectivity index (χ1) is 5.22. The van der Waals surface area contributed by atoms with Crippen molar-refractivity contribution in [3.63, 3.8) is 0 Å². The molecule has 1 rings (SSSR count). The highest BCUT2D eigenvalue weighted by Crippen LogP contribution is 2.08. The Balaban J connectivity index is 2.89. The van der Waals surface area contributed by atoms with Crippen LogP contribution in [0.3, 0.4) is 0 Å². The largest absolute Gasteiger partial charge is 0.424 e. The van der Waals surface area contributed by atoms with Crippen molar-refractivity contribution in [2.75, 3.05) is 0 Å². The Morgan fingerprint density at radius 1 is 1.18 bits per heavy atom. The van der Waals surface area contributed by atoms with E-state index in [2.05, 4.69) is 32.0 Å². The topological polar surface area (TPSA) is 9.23 Å². The van der Waals surface area contributed by atoms with Gasteiger partial charge in [-0.3, -0.25) is 0 Å². The lowest BCUT2D eigenvalue weighted by atomic mass is 10.1. The van der Waals surface area contributed by atoms with Crippen molar-refractivity contribution < 1.29 is 4.43 Å². The van der Waals surface area contributed by atoms with E-state index in [1.54, 1.807) is 0 Å². The van der Waals surface area contributed by atoms with Crippen LogP contribution in [0.4, 0.5) is 0 Å². The average molecular weight is 166 g/mol. The Kier molecular flexibility index (Phi) is 2.85. The zero-order chi connectivity index (χ0) is 8.27. The molecule has 1 aromatic carbocycles. The van der Waals surface area contributed by atoms with Crippen LogP contribution in [0.2, 0.25) is 0 Å². The van der Waals surface area contributed by atoms with Crippen molar-refractivity contribution in [3.8, 4) is 0 Å². The summed E-state index contributed by atoms with van der Waals surface area (Å²) in [6.45, 7) is 5.00. The minimum absolute atomic E-state index is 0.773. The van der Waals surface area contributed by atoms with Gasteiger partial charge in [0.1, 0.15) is 10.5 Å². The van der Waals surface area contributed by atoms with Gasteiger partial charge in [-0.1, -0.05) is 29.3 Å². The molecule has 11 heavy (non-hydrogen) atoms. The Bertz CT molecular complexity index is 225. The molecule has 0 radical (unpaired) electrons. The second kappa shape index (κ2) is 3.69. The molecule has 0 spiro atoms. The predicted molar refractivity (Wildman–Crippen MR) is 50.6 cm³/mol. The first-order valence-electron chi connectivity index (χ1n) is 3.78. The maximum Gasteiger partial charge on any atom is 0.146 e. The lowest BCUT2D eigenvalue weighted by Crippen LogP contribution is -1.90. The highest BCUT2D eigenvalue weighted by atomic mass is 28.2. The van der Waals surface area contributed by atoms with Gasteiger partial charge in [-0.05, 0) is 19.4 Å². The number of rotatable bonds is 2. The molecule has 0 N–H and O–H groups in total. The number of benzene rings is 1. The quantitative estimate of drug-likeness (QED) is 0.598. The third-order valence-corrected chi connectivity index (χ3v) is 1.88. The van der Waals surface area contributed by atoms with E-state index in [0.29, 0.717) is 0 Å². The summed E-state index contributed by atoms with van der Waals surface area (Å²) in [5, 5.41) is 0. The molecular formula is C9H14OSi. The van der Waals surface area contributed by atoms with Crippen molar-refractivity contribution in [3.05, 3.63) is 34.9 Å². The lowest BCUT2D eigenvalue weighted by Gasteiger charge is -2.02.